The Hall–Kier alpha value is -2.05. The van der Waals surface area contributed by atoms with Crippen LogP contribution in [0.5, 0.6) is 11.5 Å². The summed E-state index contributed by atoms with van der Waals surface area (Å²) in [5, 5.41) is 2.70. The molecule has 0 saturated carbocycles. The summed E-state index contributed by atoms with van der Waals surface area (Å²) in [7, 11) is -1.36. The Bertz CT molecular complexity index is 811. The average molecular weight is 380 g/mol. The van der Waals surface area contributed by atoms with E-state index < -0.39 is 16.0 Å². The molecule has 0 aromatic heterocycles. The molecular formula is C18H18ClNO4S. The number of nitrogens with one attached hydrogen (secondary N) is 1. The molecule has 2 aromatic rings. The molecule has 0 fully saturated rings. The molecule has 1 heterocycles. The monoisotopic (exact) mass is 379 g/mol. The Morgan fingerprint density at radius 2 is 1.96 bits per heavy atom. The van der Waals surface area contributed by atoms with Gasteiger partial charge in [-0.1, -0.05) is 23.7 Å². The lowest BCUT2D eigenvalue weighted by Crippen LogP contribution is -2.29. The first kappa shape index (κ1) is 17.8. The SMILES string of the molecule is C[C@H](C(=O)Nc1ccc2c(c1)OCCO2)[S@](=O)Cc1cccc(Cl)c1. The maximum Gasteiger partial charge on any atom is 0.239 e. The van der Waals surface area contributed by atoms with Crippen LogP contribution in [0, 0.1) is 0 Å². The van der Waals surface area contributed by atoms with Crippen LogP contribution in [0.3, 0.4) is 0 Å². The van der Waals surface area contributed by atoms with Crippen molar-refractivity contribution in [3.05, 3.63) is 53.1 Å². The fraction of sp³-hybridized carbons (Fsp3) is 0.278. The van der Waals surface area contributed by atoms with Gasteiger partial charge >= 0.3 is 0 Å². The maximum absolute atomic E-state index is 12.5. The van der Waals surface area contributed by atoms with Crippen molar-refractivity contribution in [2.45, 2.75) is 17.9 Å². The van der Waals surface area contributed by atoms with Crippen LogP contribution in [-0.2, 0) is 21.3 Å². The van der Waals surface area contributed by atoms with Crippen molar-refractivity contribution in [1.82, 2.24) is 0 Å². The van der Waals surface area contributed by atoms with Gasteiger partial charge in [0.05, 0.1) is 0 Å². The third kappa shape index (κ3) is 4.52. The topological polar surface area (TPSA) is 64.6 Å². The van der Waals surface area contributed by atoms with Crippen molar-refractivity contribution in [3.63, 3.8) is 0 Å². The van der Waals surface area contributed by atoms with Gasteiger partial charge in [0.15, 0.2) is 11.5 Å². The number of hydrogen-bond acceptors (Lipinski definition) is 4. The van der Waals surface area contributed by atoms with Crippen LogP contribution in [0.4, 0.5) is 5.69 Å². The van der Waals surface area contributed by atoms with E-state index in [1.165, 1.54) is 0 Å². The lowest BCUT2D eigenvalue weighted by atomic mass is 10.2. The van der Waals surface area contributed by atoms with Crippen molar-refractivity contribution in [3.8, 4) is 11.5 Å². The molecule has 1 amide bonds. The second-order valence-corrected chi connectivity index (χ2v) is 7.84. The first-order valence-corrected chi connectivity index (χ1v) is 9.61. The van der Waals surface area contributed by atoms with E-state index in [-0.39, 0.29) is 11.7 Å². The molecular weight excluding hydrogens is 362 g/mol. The quantitative estimate of drug-likeness (QED) is 0.864. The highest BCUT2D eigenvalue weighted by Gasteiger charge is 2.21. The molecule has 3 rings (SSSR count). The van der Waals surface area contributed by atoms with Gasteiger partial charge in [0.2, 0.25) is 5.91 Å². The molecule has 1 aliphatic heterocycles. The number of halogens is 1. The van der Waals surface area contributed by atoms with Crippen LogP contribution in [-0.4, -0.2) is 28.6 Å². The molecule has 0 unspecified atom stereocenters. The van der Waals surface area contributed by atoms with E-state index in [0.29, 0.717) is 35.4 Å². The van der Waals surface area contributed by atoms with Gasteiger partial charge in [-0.25, -0.2) is 0 Å². The zero-order chi connectivity index (χ0) is 17.8. The smallest absolute Gasteiger partial charge is 0.239 e. The van der Waals surface area contributed by atoms with Crippen molar-refractivity contribution < 1.29 is 18.5 Å². The van der Waals surface area contributed by atoms with E-state index in [9.17, 15) is 9.00 Å². The van der Waals surface area contributed by atoms with Gasteiger partial charge in [-0.2, -0.15) is 0 Å². The Balaban J connectivity index is 1.63. The van der Waals surface area contributed by atoms with E-state index >= 15 is 0 Å². The van der Waals surface area contributed by atoms with Crippen LogP contribution in [0.2, 0.25) is 5.02 Å². The summed E-state index contributed by atoms with van der Waals surface area (Å²) in [5.74, 6) is 1.21. The average Bonchev–Trinajstić information content (AvgIpc) is 2.61. The molecule has 1 aliphatic rings. The van der Waals surface area contributed by atoms with E-state index in [1.807, 2.05) is 6.07 Å². The Labute approximate surface area is 153 Å². The highest BCUT2D eigenvalue weighted by atomic mass is 35.5. The van der Waals surface area contributed by atoms with Crippen LogP contribution in [0.1, 0.15) is 12.5 Å². The zero-order valence-corrected chi connectivity index (χ0v) is 15.2. The number of benzene rings is 2. The molecule has 2 atom stereocenters. The second-order valence-electron chi connectivity index (χ2n) is 5.64. The molecule has 0 saturated heterocycles. The summed E-state index contributed by atoms with van der Waals surface area (Å²) in [4.78, 5) is 12.4. The third-order valence-electron chi connectivity index (χ3n) is 3.77. The van der Waals surface area contributed by atoms with Gasteiger partial charge in [0.25, 0.3) is 0 Å². The standard InChI is InChI=1S/C18H18ClNO4S/c1-12(25(22)11-13-3-2-4-14(19)9-13)18(21)20-15-5-6-16-17(10-15)24-8-7-23-16/h2-6,9-10,12H,7-8,11H2,1H3,(H,20,21)/t12-,25-/m1/s1. The summed E-state index contributed by atoms with van der Waals surface area (Å²) in [6.45, 7) is 2.64. The van der Waals surface area contributed by atoms with Gasteiger partial charge in [0, 0.05) is 33.3 Å². The fourth-order valence-corrected chi connectivity index (χ4v) is 3.67. The zero-order valence-electron chi connectivity index (χ0n) is 13.7. The van der Waals surface area contributed by atoms with Gasteiger partial charge < -0.3 is 14.8 Å². The third-order valence-corrected chi connectivity index (χ3v) is 5.63. The number of carbonyl (C=O) groups excluding carboxylic acids is 1. The molecule has 0 bridgehead atoms. The first-order valence-electron chi connectivity index (χ1n) is 7.85. The highest BCUT2D eigenvalue weighted by molar-refractivity contribution is 7.85. The van der Waals surface area contributed by atoms with Crippen LogP contribution in [0.15, 0.2) is 42.5 Å². The first-order chi connectivity index (χ1) is 12.0. The Morgan fingerprint density at radius 3 is 2.72 bits per heavy atom. The molecule has 5 nitrogen and oxygen atoms in total. The number of amides is 1. The molecule has 25 heavy (non-hydrogen) atoms. The van der Waals surface area contributed by atoms with Gasteiger partial charge in [-0.3, -0.25) is 9.00 Å². The van der Waals surface area contributed by atoms with Gasteiger partial charge in [0.1, 0.15) is 18.5 Å². The molecule has 2 aromatic carbocycles. The van der Waals surface area contributed by atoms with Crippen LogP contribution in [0.25, 0.3) is 0 Å². The van der Waals surface area contributed by atoms with Gasteiger partial charge in [-0.15, -0.1) is 0 Å². The number of hydrogen-bond donors (Lipinski definition) is 1. The van der Waals surface area contributed by atoms with Crippen molar-refractivity contribution >= 4 is 34.0 Å². The molecule has 7 heteroatoms. The summed E-state index contributed by atoms with van der Waals surface area (Å²) in [6, 6.07) is 12.3. The lowest BCUT2D eigenvalue weighted by Gasteiger charge is -2.19. The fourth-order valence-electron chi connectivity index (χ4n) is 2.40. The normalized spacial score (nSPS) is 15.3. The number of ether oxygens (including phenoxy) is 2. The number of anilines is 1. The predicted molar refractivity (Wildman–Crippen MR) is 98.8 cm³/mol. The number of carbonyl (C=O) groups is 1. The molecule has 0 aliphatic carbocycles. The summed E-state index contributed by atoms with van der Waals surface area (Å²) < 4.78 is 23.4. The van der Waals surface area contributed by atoms with Gasteiger partial charge in [-0.05, 0) is 36.8 Å². The molecule has 0 radical (unpaired) electrons. The Morgan fingerprint density at radius 1 is 1.20 bits per heavy atom. The Kier molecular flexibility index (Phi) is 5.60. The van der Waals surface area contributed by atoms with Crippen molar-refractivity contribution in [2.75, 3.05) is 18.5 Å². The molecule has 1 N–H and O–H groups in total. The minimum atomic E-state index is -1.36. The number of fused-ring (bicyclic) bond motifs is 1. The van der Waals surface area contributed by atoms with E-state index in [0.717, 1.165) is 5.56 Å². The lowest BCUT2D eigenvalue weighted by molar-refractivity contribution is -0.115. The summed E-state index contributed by atoms with van der Waals surface area (Å²) in [5.41, 5.74) is 1.42. The highest BCUT2D eigenvalue weighted by Crippen LogP contribution is 2.32. The summed E-state index contributed by atoms with van der Waals surface area (Å²) >= 11 is 5.94. The molecule has 132 valence electrons. The van der Waals surface area contributed by atoms with Crippen LogP contribution < -0.4 is 14.8 Å². The maximum atomic E-state index is 12.5. The van der Waals surface area contributed by atoms with E-state index in [2.05, 4.69) is 5.32 Å². The summed E-state index contributed by atoms with van der Waals surface area (Å²) in [6.07, 6.45) is 0. The largest absolute Gasteiger partial charge is 0.486 e. The number of rotatable bonds is 5. The minimum Gasteiger partial charge on any atom is -0.486 e. The van der Waals surface area contributed by atoms with E-state index in [4.69, 9.17) is 21.1 Å². The van der Waals surface area contributed by atoms with Crippen LogP contribution >= 0.6 is 11.6 Å². The minimum absolute atomic E-state index is 0.274. The second kappa shape index (κ2) is 7.89. The molecule has 0 spiro atoms. The predicted octanol–water partition coefficient (Wildman–Crippen LogP) is 3.39. The van der Waals surface area contributed by atoms with Crippen molar-refractivity contribution in [2.24, 2.45) is 0 Å². The van der Waals surface area contributed by atoms with E-state index in [1.54, 1.807) is 43.3 Å². The van der Waals surface area contributed by atoms with Crippen molar-refractivity contribution in [1.29, 1.82) is 0 Å².